The van der Waals surface area contributed by atoms with E-state index in [2.05, 4.69) is 5.32 Å². The van der Waals surface area contributed by atoms with E-state index >= 15 is 0 Å². The Hall–Kier alpha value is -0.0400. The van der Waals surface area contributed by atoms with Crippen LogP contribution in [0.4, 0.5) is 0 Å². The smallest absolute Gasteiger partial charge is 0.243 e. The van der Waals surface area contributed by atoms with E-state index in [0.717, 1.165) is 19.3 Å². The van der Waals surface area contributed by atoms with E-state index in [1.165, 1.54) is 12.1 Å². The van der Waals surface area contributed by atoms with Crippen LogP contribution in [0, 0.1) is 6.92 Å². The maximum absolute atomic E-state index is 12.8. The highest BCUT2D eigenvalue weighted by atomic mass is 35.5. The van der Waals surface area contributed by atoms with Gasteiger partial charge in [0.15, 0.2) is 0 Å². The fraction of sp³-hybridized carbons (Fsp3) is 0.571. The average molecular weight is 386 g/mol. The molecule has 22 heavy (non-hydrogen) atoms. The molecule has 0 amide bonds. The van der Waals surface area contributed by atoms with Gasteiger partial charge < -0.3 is 5.32 Å². The van der Waals surface area contributed by atoms with Crippen molar-refractivity contribution >= 4 is 45.6 Å². The summed E-state index contributed by atoms with van der Waals surface area (Å²) in [6, 6.07) is 3.69. The first-order chi connectivity index (χ1) is 9.88. The maximum Gasteiger partial charge on any atom is 0.243 e. The number of fused-ring (bicyclic) bond motifs is 2. The first-order valence-corrected chi connectivity index (χ1v) is 9.29. The summed E-state index contributed by atoms with van der Waals surface area (Å²) < 4.78 is 27.2. The van der Waals surface area contributed by atoms with Crippen LogP contribution in [0.3, 0.4) is 0 Å². The Labute approximate surface area is 147 Å². The molecule has 8 heteroatoms. The van der Waals surface area contributed by atoms with Crippen LogP contribution in [0.25, 0.3) is 0 Å². The number of benzene rings is 1. The molecule has 2 saturated heterocycles. The Morgan fingerprint density at radius 2 is 1.73 bits per heavy atom. The van der Waals surface area contributed by atoms with Crippen molar-refractivity contribution < 1.29 is 8.42 Å². The Balaban J connectivity index is 0.00000176. The quantitative estimate of drug-likeness (QED) is 0.850. The summed E-state index contributed by atoms with van der Waals surface area (Å²) in [5, 5.41) is 4.25. The molecular formula is C14H19Cl3N2O2S. The number of nitrogens with zero attached hydrogens (tertiary/aromatic N) is 1. The lowest BCUT2D eigenvalue weighted by atomic mass is 10.1. The molecule has 0 radical (unpaired) electrons. The van der Waals surface area contributed by atoms with Crippen LogP contribution in [0.5, 0.6) is 0 Å². The second-order valence-electron chi connectivity index (χ2n) is 5.80. The first kappa shape index (κ1) is 18.3. The van der Waals surface area contributed by atoms with E-state index in [4.69, 9.17) is 23.2 Å². The summed E-state index contributed by atoms with van der Waals surface area (Å²) >= 11 is 12.2. The van der Waals surface area contributed by atoms with Crippen LogP contribution in [0.1, 0.15) is 24.8 Å². The molecule has 0 spiro atoms. The van der Waals surface area contributed by atoms with Crippen LogP contribution in [-0.2, 0) is 10.0 Å². The second kappa shape index (κ2) is 6.83. The van der Waals surface area contributed by atoms with E-state index < -0.39 is 10.0 Å². The van der Waals surface area contributed by atoms with Gasteiger partial charge in [-0.3, -0.25) is 0 Å². The van der Waals surface area contributed by atoms with Crippen LogP contribution in [0.15, 0.2) is 17.0 Å². The molecule has 0 aromatic heterocycles. The van der Waals surface area contributed by atoms with Gasteiger partial charge in [0.25, 0.3) is 0 Å². The van der Waals surface area contributed by atoms with E-state index in [0.29, 0.717) is 34.7 Å². The van der Waals surface area contributed by atoms with Gasteiger partial charge in [0.2, 0.25) is 10.0 Å². The maximum atomic E-state index is 12.8. The van der Waals surface area contributed by atoms with Crippen molar-refractivity contribution in [2.75, 3.05) is 13.1 Å². The normalized spacial score (nSPS) is 25.6. The number of hydrogen-bond donors (Lipinski definition) is 1. The molecule has 4 nitrogen and oxygen atoms in total. The highest BCUT2D eigenvalue weighted by molar-refractivity contribution is 7.89. The van der Waals surface area contributed by atoms with Crippen molar-refractivity contribution in [1.29, 1.82) is 0 Å². The molecule has 2 bridgehead atoms. The molecule has 0 saturated carbocycles. The van der Waals surface area contributed by atoms with Gasteiger partial charge in [0, 0.05) is 35.2 Å². The fourth-order valence-electron chi connectivity index (χ4n) is 3.05. The molecule has 3 rings (SSSR count). The van der Waals surface area contributed by atoms with E-state index in [1.807, 2.05) is 0 Å². The van der Waals surface area contributed by atoms with E-state index in [9.17, 15) is 8.42 Å². The van der Waals surface area contributed by atoms with Gasteiger partial charge in [-0.2, -0.15) is 4.31 Å². The predicted octanol–water partition coefficient (Wildman–Crippen LogP) is 3.24. The Morgan fingerprint density at radius 1 is 1.14 bits per heavy atom. The SMILES string of the molecule is Cc1c(Cl)cc(S(=O)(=O)N2CCC3CCC(C2)N3)cc1Cl.Cl. The minimum absolute atomic E-state index is 0. The second-order valence-corrected chi connectivity index (χ2v) is 8.55. The molecule has 1 N–H and O–H groups in total. The lowest BCUT2D eigenvalue weighted by molar-refractivity contribution is 0.383. The third kappa shape index (κ3) is 3.40. The van der Waals surface area contributed by atoms with Gasteiger partial charge >= 0.3 is 0 Å². The fourth-order valence-corrected chi connectivity index (χ4v) is 5.22. The van der Waals surface area contributed by atoms with Gasteiger partial charge in [-0.1, -0.05) is 23.2 Å². The molecule has 2 aliphatic heterocycles. The molecule has 2 unspecified atom stereocenters. The molecule has 2 fully saturated rings. The Morgan fingerprint density at radius 3 is 2.36 bits per heavy atom. The van der Waals surface area contributed by atoms with Gasteiger partial charge in [0.1, 0.15) is 0 Å². The predicted molar refractivity (Wildman–Crippen MR) is 91.8 cm³/mol. The van der Waals surface area contributed by atoms with E-state index in [1.54, 1.807) is 11.2 Å². The minimum Gasteiger partial charge on any atom is -0.310 e. The van der Waals surface area contributed by atoms with Gasteiger partial charge in [-0.25, -0.2) is 8.42 Å². The Kier molecular flexibility index (Phi) is 5.68. The topological polar surface area (TPSA) is 49.4 Å². The lowest BCUT2D eigenvalue weighted by Gasteiger charge is -2.24. The van der Waals surface area contributed by atoms with Crippen LogP contribution in [-0.4, -0.2) is 37.9 Å². The summed E-state index contributed by atoms with van der Waals surface area (Å²) in [6.45, 7) is 2.83. The number of nitrogens with one attached hydrogen (secondary N) is 1. The highest BCUT2D eigenvalue weighted by Crippen LogP contribution is 2.31. The molecule has 1 aromatic carbocycles. The third-order valence-corrected chi connectivity index (χ3v) is 7.01. The van der Waals surface area contributed by atoms with Crippen molar-refractivity contribution in [3.63, 3.8) is 0 Å². The largest absolute Gasteiger partial charge is 0.310 e. The monoisotopic (exact) mass is 384 g/mol. The van der Waals surface area contributed by atoms with Crippen molar-refractivity contribution in [3.8, 4) is 0 Å². The number of halogens is 3. The van der Waals surface area contributed by atoms with Crippen LogP contribution in [0.2, 0.25) is 10.0 Å². The van der Waals surface area contributed by atoms with Gasteiger partial charge in [-0.15, -0.1) is 12.4 Å². The Bertz CT molecular complexity index is 643. The zero-order chi connectivity index (χ0) is 15.2. The summed E-state index contributed by atoms with van der Waals surface area (Å²) in [7, 11) is -3.55. The van der Waals surface area contributed by atoms with Crippen molar-refractivity contribution in [1.82, 2.24) is 9.62 Å². The minimum atomic E-state index is -3.55. The molecular weight excluding hydrogens is 367 g/mol. The standard InChI is InChI=1S/C14H18Cl2N2O2S.ClH/c1-9-13(15)6-12(7-14(9)16)21(19,20)18-5-4-10-2-3-11(8-18)17-10;/h6-7,10-11,17H,2-5,8H2,1H3;1H. The van der Waals surface area contributed by atoms with Gasteiger partial charge in [0.05, 0.1) is 4.90 Å². The zero-order valence-corrected chi connectivity index (χ0v) is 15.3. The molecule has 2 heterocycles. The number of hydrogen-bond acceptors (Lipinski definition) is 3. The number of sulfonamides is 1. The van der Waals surface area contributed by atoms with Gasteiger partial charge in [-0.05, 0) is 43.9 Å². The number of rotatable bonds is 2. The van der Waals surface area contributed by atoms with E-state index in [-0.39, 0.29) is 23.3 Å². The van der Waals surface area contributed by atoms with Crippen molar-refractivity contribution in [2.24, 2.45) is 0 Å². The summed E-state index contributed by atoms with van der Waals surface area (Å²) in [5.41, 5.74) is 0.703. The molecule has 1 aromatic rings. The summed E-state index contributed by atoms with van der Waals surface area (Å²) in [4.78, 5) is 0.181. The lowest BCUT2D eigenvalue weighted by Crippen LogP contribution is -2.39. The molecule has 2 atom stereocenters. The summed E-state index contributed by atoms with van der Waals surface area (Å²) in [5.74, 6) is 0. The van der Waals surface area contributed by atoms with Crippen molar-refractivity contribution in [2.45, 2.75) is 43.2 Å². The van der Waals surface area contributed by atoms with Crippen LogP contribution < -0.4 is 5.32 Å². The van der Waals surface area contributed by atoms with Crippen LogP contribution >= 0.6 is 35.6 Å². The molecule has 0 aliphatic carbocycles. The highest BCUT2D eigenvalue weighted by Gasteiger charge is 2.35. The third-order valence-electron chi connectivity index (χ3n) is 4.38. The van der Waals surface area contributed by atoms with Crippen molar-refractivity contribution in [3.05, 3.63) is 27.7 Å². The molecule has 124 valence electrons. The average Bonchev–Trinajstić information content (AvgIpc) is 2.74. The first-order valence-electron chi connectivity index (χ1n) is 7.10. The molecule has 2 aliphatic rings. The zero-order valence-electron chi connectivity index (χ0n) is 12.2. The summed E-state index contributed by atoms with van der Waals surface area (Å²) in [6.07, 6.45) is 3.02.